The second-order valence-corrected chi connectivity index (χ2v) is 4.56. The predicted molar refractivity (Wildman–Crippen MR) is 73.1 cm³/mol. The van der Waals surface area contributed by atoms with E-state index in [1.54, 1.807) is 19.2 Å². The van der Waals surface area contributed by atoms with Gasteiger partial charge in [-0.25, -0.2) is 0 Å². The van der Waals surface area contributed by atoms with Crippen molar-refractivity contribution < 1.29 is 9.84 Å². The first-order valence-electron chi connectivity index (χ1n) is 5.75. The van der Waals surface area contributed by atoms with Crippen LogP contribution in [0.1, 0.15) is 17.2 Å². The van der Waals surface area contributed by atoms with Crippen molar-refractivity contribution in [1.82, 2.24) is 0 Å². The molecule has 1 N–H and O–H groups in total. The molecule has 18 heavy (non-hydrogen) atoms. The van der Waals surface area contributed by atoms with Gasteiger partial charge in [-0.3, -0.25) is 0 Å². The van der Waals surface area contributed by atoms with Crippen LogP contribution in [0.4, 0.5) is 0 Å². The largest absolute Gasteiger partial charge is 0.497 e. The quantitative estimate of drug-likeness (QED) is 0.912. The highest BCUT2D eigenvalue weighted by Crippen LogP contribution is 2.22. The molecule has 3 heteroatoms. The van der Waals surface area contributed by atoms with Crippen molar-refractivity contribution in [3.05, 3.63) is 64.7 Å². The summed E-state index contributed by atoms with van der Waals surface area (Å²) in [5.74, 6) is 0.816. The minimum Gasteiger partial charge on any atom is -0.497 e. The predicted octanol–water partition coefficient (Wildman–Crippen LogP) is 3.62. The molecule has 2 aromatic rings. The SMILES string of the molecule is COc1ccc(CC(O)c2cccc(Cl)c2)cc1. The van der Waals surface area contributed by atoms with E-state index in [4.69, 9.17) is 16.3 Å². The van der Waals surface area contributed by atoms with Gasteiger partial charge < -0.3 is 9.84 Å². The Morgan fingerprint density at radius 3 is 2.50 bits per heavy atom. The topological polar surface area (TPSA) is 29.5 Å². The van der Waals surface area contributed by atoms with Crippen LogP contribution in [0.15, 0.2) is 48.5 Å². The van der Waals surface area contributed by atoms with E-state index >= 15 is 0 Å². The number of rotatable bonds is 4. The number of ether oxygens (including phenoxy) is 1. The number of hydrogen-bond acceptors (Lipinski definition) is 2. The first kappa shape index (κ1) is 12.9. The van der Waals surface area contributed by atoms with E-state index in [9.17, 15) is 5.11 Å². The van der Waals surface area contributed by atoms with Gasteiger partial charge in [0, 0.05) is 11.4 Å². The highest BCUT2D eigenvalue weighted by atomic mass is 35.5. The third-order valence-electron chi connectivity index (χ3n) is 2.82. The van der Waals surface area contributed by atoms with Gasteiger partial charge in [-0.05, 0) is 35.4 Å². The lowest BCUT2D eigenvalue weighted by Gasteiger charge is -2.11. The van der Waals surface area contributed by atoms with Crippen molar-refractivity contribution >= 4 is 11.6 Å². The van der Waals surface area contributed by atoms with E-state index in [1.807, 2.05) is 36.4 Å². The van der Waals surface area contributed by atoms with Gasteiger partial charge in [0.05, 0.1) is 13.2 Å². The van der Waals surface area contributed by atoms with Crippen LogP contribution >= 0.6 is 11.6 Å². The number of hydrogen-bond donors (Lipinski definition) is 1. The fourth-order valence-corrected chi connectivity index (χ4v) is 2.02. The fraction of sp³-hybridized carbons (Fsp3) is 0.200. The molecule has 0 amide bonds. The average molecular weight is 263 g/mol. The van der Waals surface area contributed by atoms with Crippen LogP contribution in [0.5, 0.6) is 5.75 Å². The second kappa shape index (κ2) is 5.89. The van der Waals surface area contributed by atoms with E-state index in [0.29, 0.717) is 11.4 Å². The Morgan fingerprint density at radius 1 is 1.17 bits per heavy atom. The molecule has 0 bridgehead atoms. The first-order valence-corrected chi connectivity index (χ1v) is 6.13. The standard InChI is InChI=1S/C15H15ClO2/c1-18-14-7-5-11(6-8-14)9-15(17)12-3-2-4-13(16)10-12/h2-8,10,15,17H,9H2,1H3. The number of aliphatic hydroxyl groups is 1. The molecule has 2 rings (SSSR count). The van der Waals surface area contributed by atoms with Crippen LogP contribution in [-0.2, 0) is 6.42 Å². The Morgan fingerprint density at radius 2 is 1.89 bits per heavy atom. The summed E-state index contributed by atoms with van der Waals surface area (Å²) in [5, 5.41) is 10.8. The van der Waals surface area contributed by atoms with Crippen LogP contribution in [0.2, 0.25) is 5.02 Å². The molecule has 0 saturated carbocycles. The van der Waals surface area contributed by atoms with Crippen molar-refractivity contribution in [2.45, 2.75) is 12.5 Å². The molecule has 1 unspecified atom stereocenters. The monoisotopic (exact) mass is 262 g/mol. The van der Waals surface area contributed by atoms with Gasteiger partial charge in [0.25, 0.3) is 0 Å². The van der Waals surface area contributed by atoms with Crippen molar-refractivity contribution in [2.75, 3.05) is 7.11 Å². The number of aliphatic hydroxyl groups excluding tert-OH is 1. The minimum absolute atomic E-state index is 0.544. The van der Waals surface area contributed by atoms with Crippen LogP contribution in [0.3, 0.4) is 0 Å². The molecule has 0 aliphatic rings. The molecule has 0 aromatic heterocycles. The Balaban J connectivity index is 2.08. The Labute approximate surface area is 112 Å². The molecule has 0 aliphatic heterocycles. The molecule has 0 spiro atoms. The zero-order chi connectivity index (χ0) is 13.0. The van der Waals surface area contributed by atoms with Gasteiger partial charge in [0.2, 0.25) is 0 Å². The number of benzene rings is 2. The lowest BCUT2D eigenvalue weighted by Crippen LogP contribution is -2.01. The first-order chi connectivity index (χ1) is 8.69. The zero-order valence-corrected chi connectivity index (χ0v) is 10.9. The normalized spacial score (nSPS) is 12.2. The second-order valence-electron chi connectivity index (χ2n) is 4.12. The summed E-state index contributed by atoms with van der Waals surface area (Å²) in [4.78, 5) is 0. The molecule has 0 aliphatic carbocycles. The zero-order valence-electron chi connectivity index (χ0n) is 10.1. The number of methoxy groups -OCH3 is 1. The van der Waals surface area contributed by atoms with Crippen LogP contribution < -0.4 is 4.74 Å². The third kappa shape index (κ3) is 3.25. The van der Waals surface area contributed by atoms with Crippen molar-refractivity contribution in [3.8, 4) is 5.75 Å². The van der Waals surface area contributed by atoms with Crippen LogP contribution in [0, 0.1) is 0 Å². The number of halogens is 1. The van der Waals surface area contributed by atoms with Crippen molar-refractivity contribution in [3.63, 3.8) is 0 Å². The molecular weight excluding hydrogens is 248 g/mol. The lowest BCUT2D eigenvalue weighted by molar-refractivity contribution is 0.178. The third-order valence-corrected chi connectivity index (χ3v) is 3.06. The van der Waals surface area contributed by atoms with E-state index in [2.05, 4.69) is 0 Å². The highest BCUT2D eigenvalue weighted by molar-refractivity contribution is 6.30. The van der Waals surface area contributed by atoms with Gasteiger partial charge in [-0.1, -0.05) is 35.9 Å². The van der Waals surface area contributed by atoms with E-state index in [0.717, 1.165) is 16.9 Å². The Kier molecular flexibility index (Phi) is 4.24. The molecule has 0 radical (unpaired) electrons. The van der Waals surface area contributed by atoms with Crippen LogP contribution in [-0.4, -0.2) is 12.2 Å². The van der Waals surface area contributed by atoms with Crippen molar-refractivity contribution in [2.24, 2.45) is 0 Å². The Bertz CT molecular complexity index is 508. The summed E-state index contributed by atoms with van der Waals surface area (Å²) in [6.45, 7) is 0. The van der Waals surface area contributed by atoms with Gasteiger partial charge >= 0.3 is 0 Å². The molecule has 0 fully saturated rings. The summed E-state index contributed by atoms with van der Waals surface area (Å²) >= 11 is 5.90. The van der Waals surface area contributed by atoms with Gasteiger partial charge in [0.1, 0.15) is 5.75 Å². The average Bonchev–Trinajstić information content (AvgIpc) is 2.39. The maximum Gasteiger partial charge on any atom is 0.118 e. The summed E-state index contributed by atoms with van der Waals surface area (Å²) in [7, 11) is 1.63. The summed E-state index contributed by atoms with van der Waals surface area (Å²) in [6.07, 6.45) is 0.0155. The summed E-state index contributed by atoms with van der Waals surface area (Å²) in [6, 6.07) is 15.0. The van der Waals surface area contributed by atoms with E-state index in [-0.39, 0.29) is 0 Å². The van der Waals surface area contributed by atoms with E-state index < -0.39 is 6.10 Å². The van der Waals surface area contributed by atoms with Gasteiger partial charge in [-0.2, -0.15) is 0 Å². The molecule has 2 aromatic carbocycles. The van der Waals surface area contributed by atoms with Gasteiger partial charge in [-0.15, -0.1) is 0 Å². The maximum atomic E-state index is 10.1. The van der Waals surface area contributed by atoms with Gasteiger partial charge in [0.15, 0.2) is 0 Å². The molecule has 2 nitrogen and oxygen atoms in total. The molecule has 0 saturated heterocycles. The molecular formula is C15H15ClO2. The van der Waals surface area contributed by atoms with E-state index in [1.165, 1.54) is 0 Å². The molecule has 1 atom stereocenters. The maximum absolute atomic E-state index is 10.1. The van der Waals surface area contributed by atoms with Crippen LogP contribution in [0.25, 0.3) is 0 Å². The summed E-state index contributed by atoms with van der Waals surface area (Å²) < 4.78 is 5.09. The fourth-order valence-electron chi connectivity index (χ4n) is 1.82. The smallest absolute Gasteiger partial charge is 0.118 e. The minimum atomic E-state index is -0.544. The summed E-state index contributed by atoms with van der Waals surface area (Å²) in [5.41, 5.74) is 1.89. The van der Waals surface area contributed by atoms with Crippen molar-refractivity contribution in [1.29, 1.82) is 0 Å². The Hall–Kier alpha value is -1.51. The lowest BCUT2D eigenvalue weighted by atomic mass is 10.0. The highest BCUT2D eigenvalue weighted by Gasteiger charge is 2.09. The molecule has 0 heterocycles. The molecule has 94 valence electrons.